The van der Waals surface area contributed by atoms with E-state index < -0.39 is 0 Å². The Morgan fingerprint density at radius 3 is 0.822 bits per heavy atom. The van der Waals surface area contributed by atoms with Gasteiger partial charge in [0.05, 0.1) is 22.1 Å². The van der Waals surface area contributed by atoms with Gasteiger partial charge in [0.1, 0.15) is 0 Å². The third kappa shape index (κ3) is 10.2. The molecule has 0 aliphatic heterocycles. The van der Waals surface area contributed by atoms with Crippen LogP contribution < -0.4 is 9.80 Å². The molecule has 2 heterocycles. The van der Waals surface area contributed by atoms with Crippen LogP contribution in [0, 0.1) is 0 Å². The van der Waals surface area contributed by atoms with Crippen LogP contribution in [0.3, 0.4) is 0 Å². The first-order chi connectivity index (χ1) is 44.6. The van der Waals surface area contributed by atoms with Crippen LogP contribution in [0.5, 0.6) is 0 Å². The van der Waals surface area contributed by atoms with E-state index in [1.165, 1.54) is 77.1 Å². The van der Waals surface area contributed by atoms with Crippen molar-refractivity contribution in [3.8, 4) is 55.9 Å². The van der Waals surface area contributed by atoms with Crippen LogP contribution in [-0.2, 0) is 0 Å². The standard InChI is InChI=1S/C86H60N4/c1-7-21-63(22-8-1)65-25-19-27-67(55-65)69-43-51-83-79(57-69)81-59-77(49-53-85(81)89(83)73-33-15-5-16-34-73)87(71-29-11-3-12-30-71)75-45-39-61(40-46-75)37-38-62-41-47-76(48-42-62)88(72-31-13-4-14-32-72)78-50-54-86-82(60-78)80-58-70(44-52-84(80)90(86)74-35-17-6-18-36-74)68-28-20-26-66(56-68)64-23-9-2-10-24-64/h1-60H. The first-order valence-corrected chi connectivity index (χ1v) is 30.8. The fourth-order valence-electron chi connectivity index (χ4n) is 13.1. The van der Waals surface area contributed by atoms with Gasteiger partial charge in [-0.15, -0.1) is 0 Å². The molecule has 4 nitrogen and oxygen atoms in total. The van der Waals surface area contributed by atoms with Crippen molar-refractivity contribution in [2.24, 2.45) is 0 Å². The van der Waals surface area contributed by atoms with Crippen LogP contribution in [-0.4, -0.2) is 9.13 Å². The van der Waals surface area contributed by atoms with E-state index in [-0.39, 0.29) is 0 Å². The summed E-state index contributed by atoms with van der Waals surface area (Å²) in [5.74, 6) is 0. The maximum atomic E-state index is 2.40. The van der Waals surface area contributed by atoms with E-state index in [9.17, 15) is 0 Å². The van der Waals surface area contributed by atoms with Gasteiger partial charge in [0, 0.05) is 67.0 Å². The number of nitrogens with zero attached hydrogens (tertiary/aromatic N) is 4. The average Bonchev–Trinajstić information content (AvgIpc) is 1.62. The number of hydrogen-bond acceptors (Lipinski definition) is 2. The summed E-state index contributed by atoms with van der Waals surface area (Å²) in [6.07, 6.45) is 4.42. The van der Waals surface area contributed by atoms with Gasteiger partial charge < -0.3 is 18.9 Å². The van der Waals surface area contributed by atoms with Gasteiger partial charge in [-0.2, -0.15) is 0 Å². The molecule has 424 valence electrons. The Hall–Kier alpha value is -12.0. The van der Waals surface area contributed by atoms with Gasteiger partial charge in [0.2, 0.25) is 0 Å². The molecule has 0 radical (unpaired) electrons. The molecule has 0 amide bonds. The minimum Gasteiger partial charge on any atom is -0.310 e. The van der Waals surface area contributed by atoms with Crippen LogP contribution in [0.25, 0.3) is 112 Å². The van der Waals surface area contributed by atoms with Crippen LogP contribution in [0.15, 0.2) is 352 Å². The van der Waals surface area contributed by atoms with E-state index >= 15 is 0 Å². The van der Waals surface area contributed by atoms with Crippen LogP contribution in [0.4, 0.5) is 34.1 Å². The lowest BCUT2D eigenvalue weighted by atomic mass is 9.98. The average molecular weight is 1150 g/mol. The summed E-state index contributed by atoms with van der Waals surface area (Å²) in [5.41, 5.74) is 25.2. The highest BCUT2D eigenvalue weighted by Crippen LogP contribution is 2.44. The Bertz CT molecular complexity index is 4920. The molecule has 0 aliphatic carbocycles. The number of rotatable bonds is 14. The largest absolute Gasteiger partial charge is 0.310 e. The van der Waals surface area contributed by atoms with Crippen molar-refractivity contribution in [1.29, 1.82) is 0 Å². The highest BCUT2D eigenvalue weighted by molar-refractivity contribution is 6.13. The second-order valence-corrected chi connectivity index (χ2v) is 23.0. The fraction of sp³-hybridized carbons (Fsp3) is 0. The van der Waals surface area contributed by atoms with Crippen molar-refractivity contribution >= 4 is 89.9 Å². The van der Waals surface area contributed by atoms with Gasteiger partial charge in [0.25, 0.3) is 0 Å². The predicted molar refractivity (Wildman–Crippen MR) is 382 cm³/mol. The number of hydrogen-bond donors (Lipinski definition) is 0. The smallest absolute Gasteiger partial charge is 0.0542 e. The van der Waals surface area contributed by atoms with E-state index in [1.807, 2.05) is 0 Å². The van der Waals surface area contributed by atoms with Gasteiger partial charge in [-0.3, -0.25) is 0 Å². The summed E-state index contributed by atoms with van der Waals surface area (Å²) >= 11 is 0. The molecule has 0 fully saturated rings. The van der Waals surface area contributed by atoms with Crippen LogP contribution in [0.2, 0.25) is 0 Å². The Kier molecular flexibility index (Phi) is 13.9. The molecule has 4 heteroatoms. The zero-order valence-corrected chi connectivity index (χ0v) is 49.4. The maximum Gasteiger partial charge on any atom is 0.0542 e. The van der Waals surface area contributed by atoms with E-state index in [0.29, 0.717) is 0 Å². The zero-order chi connectivity index (χ0) is 59.7. The van der Waals surface area contributed by atoms with E-state index in [4.69, 9.17) is 0 Å². The van der Waals surface area contributed by atoms with E-state index in [1.54, 1.807) is 0 Å². The Balaban J connectivity index is 0.718. The van der Waals surface area contributed by atoms with Crippen LogP contribution in [0.1, 0.15) is 11.1 Å². The Morgan fingerprint density at radius 2 is 0.456 bits per heavy atom. The maximum absolute atomic E-state index is 2.40. The molecular weight excluding hydrogens is 1090 g/mol. The molecule has 0 spiro atoms. The highest BCUT2D eigenvalue weighted by Gasteiger charge is 2.21. The van der Waals surface area contributed by atoms with Crippen molar-refractivity contribution in [2.75, 3.05) is 9.80 Å². The molecule has 14 aromatic carbocycles. The van der Waals surface area contributed by atoms with Crippen molar-refractivity contribution in [3.05, 3.63) is 363 Å². The van der Waals surface area contributed by atoms with Crippen LogP contribution >= 0.6 is 0 Å². The summed E-state index contributed by atoms with van der Waals surface area (Å²) in [4.78, 5) is 4.73. The molecule has 0 bridgehead atoms. The van der Waals surface area contributed by atoms with E-state index in [0.717, 1.165) is 67.7 Å². The van der Waals surface area contributed by atoms with Gasteiger partial charge >= 0.3 is 0 Å². The number of aromatic nitrogens is 2. The molecule has 2 aromatic heterocycles. The summed E-state index contributed by atoms with van der Waals surface area (Å²) in [6, 6.07) is 127. The summed E-state index contributed by atoms with van der Waals surface area (Å²) in [5, 5.41) is 4.78. The number of benzene rings is 14. The Morgan fingerprint density at radius 1 is 0.189 bits per heavy atom. The van der Waals surface area contributed by atoms with Crippen molar-refractivity contribution < 1.29 is 0 Å². The predicted octanol–water partition coefficient (Wildman–Crippen LogP) is 23.7. The number of para-hydroxylation sites is 4. The normalized spacial score (nSPS) is 11.5. The van der Waals surface area contributed by atoms with Gasteiger partial charge in [-0.25, -0.2) is 0 Å². The van der Waals surface area contributed by atoms with Crippen molar-refractivity contribution in [1.82, 2.24) is 9.13 Å². The topological polar surface area (TPSA) is 16.3 Å². The van der Waals surface area contributed by atoms with Gasteiger partial charge in [0.15, 0.2) is 0 Å². The van der Waals surface area contributed by atoms with Crippen molar-refractivity contribution in [3.63, 3.8) is 0 Å². The second-order valence-electron chi connectivity index (χ2n) is 23.0. The van der Waals surface area contributed by atoms with Gasteiger partial charge in [-0.05, 0) is 201 Å². The summed E-state index contributed by atoms with van der Waals surface area (Å²) in [6.45, 7) is 0. The minimum atomic E-state index is 1.07. The molecule has 90 heavy (non-hydrogen) atoms. The number of anilines is 6. The monoisotopic (exact) mass is 1150 g/mol. The number of fused-ring (bicyclic) bond motifs is 6. The second kappa shape index (κ2) is 23.4. The molecule has 0 atom stereocenters. The molecule has 0 aliphatic rings. The highest BCUT2D eigenvalue weighted by atomic mass is 15.1. The first kappa shape index (κ1) is 53.5. The summed E-state index contributed by atoms with van der Waals surface area (Å²) in [7, 11) is 0. The minimum absolute atomic E-state index is 1.07. The van der Waals surface area contributed by atoms with E-state index in [2.05, 4.69) is 383 Å². The molecule has 16 aromatic rings. The summed E-state index contributed by atoms with van der Waals surface area (Å²) < 4.78 is 4.79. The third-order valence-corrected chi connectivity index (χ3v) is 17.4. The van der Waals surface area contributed by atoms with Gasteiger partial charge in [-0.1, -0.05) is 218 Å². The quantitative estimate of drug-likeness (QED) is 0.101. The molecule has 0 N–H and O–H groups in total. The van der Waals surface area contributed by atoms with Crippen molar-refractivity contribution in [2.45, 2.75) is 0 Å². The third-order valence-electron chi connectivity index (χ3n) is 17.4. The molecule has 0 saturated carbocycles. The lowest BCUT2D eigenvalue weighted by molar-refractivity contribution is 1.18. The molecule has 16 rings (SSSR count). The lowest BCUT2D eigenvalue weighted by Crippen LogP contribution is -2.09. The molecular formula is C86H60N4. The first-order valence-electron chi connectivity index (χ1n) is 30.8. The lowest BCUT2D eigenvalue weighted by Gasteiger charge is -2.26. The SMILES string of the molecule is C(=Cc1ccc(N(c2ccccc2)c2ccc3c(c2)c2cc(-c4cccc(-c5ccccc5)c4)ccc2n3-c2ccccc2)cc1)c1ccc(N(c2ccccc2)c2ccc3c(c2)c2cc(-c4cccc(-c5ccccc5)c4)ccc2n3-c2ccccc2)cc1. The fourth-order valence-corrected chi connectivity index (χ4v) is 13.1. The Labute approximate surface area is 524 Å². The zero-order valence-electron chi connectivity index (χ0n) is 49.4. The molecule has 0 unspecified atom stereocenters. The molecule has 0 saturated heterocycles.